The van der Waals surface area contributed by atoms with E-state index in [4.69, 9.17) is 0 Å². The van der Waals surface area contributed by atoms with Crippen LogP contribution < -0.4 is 0 Å². The molecule has 0 aliphatic rings. The second-order valence-corrected chi connectivity index (χ2v) is 51.2. The number of nitrogens with zero attached hydrogens (tertiary/aromatic N) is 24. The molecule has 8 aromatic heterocycles. The number of unbranched alkanes of at least 4 members (excludes halogenated alkanes) is 22. The van der Waals surface area contributed by atoms with Crippen LogP contribution in [0, 0.1) is 94.7 Å². The normalized spacial score (nSPS) is 11.7. The molecule has 0 aromatic carbocycles. The van der Waals surface area contributed by atoms with Gasteiger partial charge in [0, 0.05) is 58.6 Å². The molecule has 0 N–H and O–H groups in total. The van der Waals surface area contributed by atoms with Crippen molar-refractivity contribution in [1.82, 2.24) is 120 Å². The van der Waals surface area contributed by atoms with E-state index in [1.54, 1.807) is 0 Å². The van der Waals surface area contributed by atoms with Gasteiger partial charge < -0.3 is 0 Å². The Morgan fingerprint density at radius 1 is 0.153 bits per heavy atom. The minimum atomic E-state index is 0.636. The van der Waals surface area contributed by atoms with Crippen molar-refractivity contribution >= 4 is 0 Å². The summed E-state index contributed by atoms with van der Waals surface area (Å²) in [5.41, 5.74) is 10.3. The predicted octanol–water partition coefficient (Wildman–Crippen LogP) is 35.0. The Labute approximate surface area is 924 Å². The first-order chi connectivity index (χ1) is 71.7. The zero-order valence-corrected chi connectivity index (χ0v) is 104. The van der Waals surface area contributed by atoms with Gasteiger partial charge in [0.05, 0.1) is 88.9 Å². The first-order valence-corrected chi connectivity index (χ1v) is 62.7. The van der Waals surface area contributed by atoms with E-state index in [0.717, 1.165) is 192 Å². The lowest BCUT2D eigenvalue weighted by Crippen LogP contribution is -2.09. The maximum Gasteiger partial charge on any atom is 0.0827 e. The third-order valence-corrected chi connectivity index (χ3v) is 27.8. The Kier molecular flexibility index (Phi) is 86.8. The van der Waals surface area contributed by atoms with Crippen LogP contribution in [-0.4, -0.2) is 120 Å². The van der Waals surface area contributed by atoms with E-state index >= 15 is 0 Å². The number of rotatable bonds is 78. The Hall–Kier alpha value is -6.88. The fraction of sp³-hybridized carbons (Fsp3) is 0.873. The highest BCUT2D eigenvalue weighted by Gasteiger charge is 2.16. The average Bonchev–Trinajstić information content (AvgIpc) is 1.84. The molecule has 0 fully saturated rings. The molecule has 8 rings (SSSR count). The number of hydrogen-bond donors (Lipinski definition) is 0. The molecular formula is C126H244N24. The highest BCUT2D eigenvalue weighted by atomic mass is 15.5. The molecular weight excluding hydrogens is 1850 g/mol. The molecule has 8 aromatic rings. The fourth-order valence-electron chi connectivity index (χ4n) is 18.0. The number of hydrogen-bond acceptors (Lipinski definition) is 16. The topological polar surface area (TPSA) is 246 Å². The van der Waals surface area contributed by atoms with E-state index < -0.39 is 0 Å². The fourth-order valence-corrected chi connectivity index (χ4v) is 18.0. The molecule has 0 aliphatic carbocycles. The van der Waals surface area contributed by atoms with Crippen molar-refractivity contribution in [2.75, 3.05) is 0 Å². The lowest BCUT2D eigenvalue weighted by Gasteiger charge is -2.08. The van der Waals surface area contributed by atoms with E-state index in [1.165, 1.54) is 335 Å². The summed E-state index contributed by atoms with van der Waals surface area (Å²) in [4.78, 5) is 0. The van der Waals surface area contributed by atoms with E-state index in [0.29, 0.717) is 11.8 Å². The highest BCUT2D eigenvalue weighted by Crippen LogP contribution is 2.23. The number of aryl methyl sites for hydroxylation is 14. The van der Waals surface area contributed by atoms with Crippen molar-refractivity contribution in [1.29, 1.82) is 0 Å². The molecule has 0 bridgehead atoms. The summed E-state index contributed by atoms with van der Waals surface area (Å²) in [7, 11) is 0. The van der Waals surface area contributed by atoms with Crippen molar-refractivity contribution in [3.05, 3.63) is 95.1 Å². The number of aromatic nitrogens is 24. The van der Waals surface area contributed by atoms with E-state index in [-0.39, 0.29) is 0 Å². The van der Waals surface area contributed by atoms with Gasteiger partial charge in [-0.1, -0.05) is 456 Å². The zero-order chi connectivity index (χ0) is 111. The predicted molar refractivity (Wildman–Crippen MR) is 640 cm³/mol. The standard InChI is InChI=1S/4C17H33N3.C16H31N3.3C14H27N3/c2*1-15(2)10-7-5-6-8-12-17-14-18-19-20(17)13-9-11-16(3)4;2*1-15(2)10-8-6-5-7-9-11-17-14-18-19-20(17)13-12-16(3)4;1-14(2)9-7-5-6-8-12-19-13-16(17-18-19)11-10-15(3)4;1-12(2)7-5-6-8-14-11-15-16-17(14)10-9-13(3)4;2*1-12(2)8-6-5-7-9-14-10-15-16-17(14)11-13(3)4/h4*14-16H,5-13H2,1-4H3;13-15H,5-12H2,1-4H3;11-13H,5-10H2,1-4H3;2*10,12-13H,5-9,11H2,1-4H3. The maximum atomic E-state index is 4.24. The van der Waals surface area contributed by atoms with Crippen LogP contribution in [0.4, 0.5) is 0 Å². The summed E-state index contributed by atoms with van der Waals surface area (Å²) < 4.78 is 16.6. The first kappa shape index (κ1) is 141. The largest absolute Gasteiger partial charge is 0.252 e. The van der Waals surface area contributed by atoms with Crippen LogP contribution in [0.25, 0.3) is 0 Å². The molecule has 0 radical (unpaired) electrons. The van der Waals surface area contributed by atoms with Gasteiger partial charge in [-0.25, -0.2) is 32.8 Å². The van der Waals surface area contributed by atoms with Crippen molar-refractivity contribution in [2.45, 2.75) is 621 Å². The molecule has 0 saturated heterocycles. The summed E-state index contributed by atoms with van der Waals surface area (Å²) >= 11 is 0. The van der Waals surface area contributed by atoms with Gasteiger partial charge in [-0.3, -0.25) is 4.68 Å². The second kappa shape index (κ2) is 92.3. The third-order valence-electron chi connectivity index (χ3n) is 27.8. The molecule has 0 unspecified atom stereocenters. The maximum absolute atomic E-state index is 4.24. The van der Waals surface area contributed by atoms with Crippen molar-refractivity contribution in [3.63, 3.8) is 0 Å². The summed E-state index contributed by atoms with van der Waals surface area (Å²) in [6.45, 7) is 80.9. The molecule has 8 heterocycles. The van der Waals surface area contributed by atoms with Crippen molar-refractivity contribution in [2.24, 2.45) is 94.7 Å². The van der Waals surface area contributed by atoms with E-state index in [1.807, 2.05) is 48.1 Å². The van der Waals surface area contributed by atoms with Crippen LogP contribution in [0.5, 0.6) is 0 Å². The Morgan fingerprint density at radius 3 is 0.567 bits per heavy atom. The third kappa shape index (κ3) is 83.5. The summed E-state index contributed by atoms with van der Waals surface area (Å²) in [5.74, 6) is 12.5. The first-order valence-electron chi connectivity index (χ1n) is 62.7. The molecule has 24 nitrogen and oxygen atoms in total. The molecule has 0 spiro atoms. The second-order valence-electron chi connectivity index (χ2n) is 51.2. The minimum Gasteiger partial charge on any atom is -0.252 e. The van der Waals surface area contributed by atoms with Gasteiger partial charge in [0.25, 0.3) is 0 Å². The van der Waals surface area contributed by atoms with Gasteiger partial charge in [-0.2, -0.15) is 0 Å². The lowest BCUT2D eigenvalue weighted by molar-refractivity contribution is 0.453. The van der Waals surface area contributed by atoms with E-state index in [2.05, 4.69) is 343 Å². The smallest absolute Gasteiger partial charge is 0.0827 e. The highest BCUT2D eigenvalue weighted by molar-refractivity contribution is 5.00. The van der Waals surface area contributed by atoms with Gasteiger partial charge in [0.1, 0.15) is 0 Å². The molecule has 24 heteroatoms. The molecule has 0 atom stereocenters. The Morgan fingerprint density at radius 2 is 0.333 bits per heavy atom. The molecule has 0 saturated carbocycles. The quantitative estimate of drug-likeness (QED) is 0.0322. The average molecular weight is 2100 g/mol. The molecule has 150 heavy (non-hydrogen) atoms. The SMILES string of the molecule is CC(C)CCCCCCCc1cnnn1CCC(C)C.CC(C)CCCCCCCc1cnnn1CCC(C)C.CC(C)CCCCCCc1cnnn1CCCC(C)C.CC(C)CCCCCCc1cnnn1CCCC(C)C.CC(C)CCCCCCn1cc(CCC(C)C)nn1.CC(C)CCCCCc1cnnn1CC(C)C.CC(C)CCCCCc1cnnn1CC(C)C.CC(C)CCCCc1cnnn1CCC(C)C. The van der Waals surface area contributed by atoms with Crippen molar-refractivity contribution < 1.29 is 0 Å². The van der Waals surface area contributed by atoms with Crippen LogP contribution in [0.2, 0.25) is 0 Å². The monoisotopic (exact) mass is 2090 g/mol. The minimum absolute atomic E-state index is 0.636. The summed E-state index contributed by atoms with van der Waals surface area (Å²) in [6, 6.07) is 0. The molecule has 0 amide bonds. The van der Waals surface area contributed by atoms with Crippen LogP contribution in [0.15, 0.2) is 49.6 Å². The van der Waals surface area contributed by atoms with Crippen LogP contribution >= 0.6 is 0 Å². The van der Waals surface area contributed by atoms with Gasteiger partial charge in [-0.15, -0.1) is 40.8 Å². The summed E-state index contributed by atoms with van der Waals surface area (Å²) in [5, 5.41) is 66.1. The van der Waals surface area contributed by atoms with Crippen LogP contribution in [-0.2, 0) is 104 Å². The zero-order valence-electron chi connectivity index (χ0n) is 104. The van der Waals surface area contributed by atoms with Gasteiger partial charge in [0.2, 0.25) is 0 Å². The van der Waals surface area contributed by atoms with Crippen LogP contribution in [0.3, 0.4) is 0 Å². The van der Waals surface area contributed by atoms with Gasteiger partial charge in [-0.05, 0) is 249 Å². The molecule has 868 valence electrons. The lowest BCUT2D eigenvalue weighted by atomic mass is 10.0. The molecule has 0 aliphatic heterocycles. The van der Waals surface area contributed by atoms with Crippen LogP contribution in [0.1, 0.15) is 562 Å². The Balaban J connectivity index is 0.000000858. The van der Waals surface area contributed by atoms with Crippen molar-refractivity contribution in [3.8, 4) is 0 Å². The van der Waals surface area contributed by atoms with Gasteiger partial charge >= 0.3 is 0 Å². The Bertz CT molecular complexity index is 3980. The summed E-state index contributed by atoms with van der Waals surface area (Å²) in [6.07, 6.45) is 85.2. The van der Waals surface area contributed by atoms with Gasteiger partial charge in [0.15, 0.2) is 0 Å². The van der Waals surface area contributed by atoms with E-state index in [9.17, 15) is 0 Å².